The van der Waals surface area contributed by atoms with Gasteiger partial charge in [0.05, 0.1) is 32.3 Å². The van der Waals surface area contributed by atoms with Crippen LogP contribution in [0.2, 0.25) is 0 Å². The Hall–Kier alpha value is -2.45. The van der Waals surface area contributed by atoms with Crippen molar-refractivity contribution in [3.05, 3.63) is 42.0 Å². The first-order chi connectivity index (χ1) is 13.4. The van der Waals surface area contributed by atoms with Gasteiger partial charge in [0.2, 0.25) is 10.0 Å². The van der Waals surface area contributed by atoms with E-state index in [4.69, 9.17) is 18.9 Å². The van der Waals surface area contributed by atoms with E-state index in [1.165, 1.54) is 26.4 Å². The molecule has 154 valence electrons. The molecule has 2 rings (SSSR count). The Balaban J connectivity index is 2.28. The molecule has 1 N–H and O–H groups in total. The molecule has 1 unspecified atom stereocenters. The van der Waals surface area contributed by atoms with Crippen LogP contribution in [-0.4, -0.2) is 35.9 Å². The third kappa shape index (κ3) is 5.08. The predicted octanol–water partition coefficient (Wildman–Crippen LogP) is 3.54. The summed E-state index contributed by atoms with van der Waals surface area (Å²) >= 11 is 0. The average molecular weight is 410 g/mol. The predicted molar refractivity (Wildman–Crippen MR) is 107 cm³/mol. The van der Waals surface area contributed by atoms with Crippen LogP contribution in [0.15, 0.2) is 41.3 Å². The number of nitrogens with one attached hydrogen (secondary N) is 1. The van der Waals surface area contributed by atoms with Crippen molar-refractivity contribution in [2.24, 2.45) is 0 Å². The van der Waals surface area contributed by atoms with Gasteiger partial charge in [-0.25, -0.2) is 13.1 Å². The van der Waals surface area contributed by atoms with Gasteiger partial charge in [-0.05, 0) is 50.6 Å². The van der Waals surface area contributed by atoms with Crippen LogP contribution in [0.4, 0.5) is 0 Å². The van der Waals surface area contributed by atoms with Gasteiger partial charge in [-0.3, -0.25) is 0 Å². The minimum atomic E-state index is -3.77. The van der Waals surface area contributed by atoms with E-state index in [0.717, 1.165) is 5.56 Å². The number of rotatable bonds is 10. The Labute approximate surface area is 166 Å². The van der Waals surface area contributed by atoms with E-state index in [0.29, 0.717) is 36.2 Å². The van der Waals surface area contributed by atoms with Crippen molar-refractivity contribution in [2.45, 2.75) is 31.7 Å². The highest BCUT2D eigenvalue weighted by atomic mass is 32.2. The first-order valence-electron chi connectivity index (χ1n) is 9.00. The molecular formula is C20H27NO6S. The van der Waals surface area contributed by atoms with Gasteiger partial charge in [0.1, 0.15) is 0 Å². The van der Waals surface area contributed by atoms with Gasteiger partial charge in [-0.2, -0.15) is 0 Å². The highest BCUT2D eigenvalue weighted by Gasteiger charge is 2.21. The Morgan fingerprint density at radius 3 is 2.07 bits per heavy atom. The van der Waals surface area contributed by atoms with Gasteiger partial charge >= 0.3 is 0 Å². The molecular weight excluding hydrogens is 382 g/mol. The van der Waals surface area contributed by atoms with Gasteiger partial charge in [-0.15, -0.1) is 0 Å². The molecule has 0 heterocycles. The molecule has 0 aliphatic heterocycles. The van der Waals surface area contributed by atoms with Gasteiger partial charge in [0.15, 0.2) is 23.0 Å². The highest BCUT2D eigenvalue weighted by Crippen LogP contribution is 2.32. The van der Waals surface area contributed by atoms with E-state index in [9.17, 15) is 8.42 Å². The Kier molecular flexibility index (Phi) is 7.53. The maximum Gasteiger partial charge on any atom is 0.241 e. The Bertz CT molecular complexity index is 898. The van der Waals surface area contributed by atoms with Crippen LogP contribution in [0.5, 0.6) is 23.0 Å². The second-order valence-electron chi connectivity index (χ2n) is 5.93. The van der Waals surface area contributed by atoms with Crippen LogP contribution in [0.25, 0.3) is 0 Å². The van der Waals surface area contributed by atoms with Gasteiger partial charge in [0, 0.05) is 12.1 Å². The summed E-state index contributed by atoms with van der Waals surface area (Å²) < 4.78 is 49.8. The van der Waals surface area contributed by atoms with Crippen molar-refractivity contribution in [1.82, 2.24) is 4.72 Å². The molecule has 28 heavy (non-hydrogen) atoms. The van der Waals surface area contributed by atoms with Crippen LogP contribution in [0, 0.1) is 0 Å². The quantitative estimate of drug-likeness (QED) is 0.646. The molecule has 0 spiro atoms. The molecule has 0 saturated heterocycles. The van der Waals surface area contributed by atoms with Gasteiger partial charge in [0.25, 0.3) is 0 Å². The molecule has 0 aliphatic carbocycles. The van der Waals surface area contributed by atoms with E-state index in [1.54, 1.807) is 25.1 Å². The summed E-state index contributed by atoms with van der Waals surface area (Å²) in [4.78, 5) is 0.0907. The maximum absolute atomic E-state index is 12.8. The fourth-order valence-electron chi connectivity index (χ4n) is 2.69. The van der Waals surface area contributed by atoms with Crippen molar-refractivity contribution < 1.29 is 27.4 Å². The summed E-state index contributed by atoms with van der Waals surface area (Å²) in [6.07, 6.45) is 0. The molecule has 0 saturated carbocycles. The van der Waals surface area contributed by atoms with Crippen LogP contribution >= 0.6 is 0 Å². The van der Waals surface area contributed by atoms with Crippen molar-refractivity contribution >= 4 is 10.0 Å². The number of methoxy groups -OCH3 is 2. The third-order valence-electron chi connectivity index (χ3n) is 4.06. The fraction of sp³-hybridized carbons (Fsp3) is 0.400. The zero-order chi connectivity index (χ0) is 20.7. The zero-order valence-electron chi connectivity index (χ0n) is 16.8. The van der Waals surface area contributed by atoms with Crippen LogP contribution in [-0.2, 0) is 10.0 Å². The summed E-state index contributed by atoms with van der Waals surface area (Å²) in [6.45, 7) is 6.54. The van der Waals surface area contributed by atoms with Crippen LogP contribution in [0.1, 0.15) is 32.4 Å². The van der Waals surface area contributed by atoms with Gasteiger partial charge < -0.3 is 18.9 Å². The molecule has 2 aromatic rings. The molecule has 7 nitrogen and oxygen atoms in total. The third-order valence-corrected chi connectivity index (χ3v) is 5.60. The number of benzene rings is 2. The molecule has 0 aliphatic rings. The minimum Gasteiger partial charge on any atom is -0.493 e. The van der Waals surface area contributed by atoms with Crippen molar-refractivity contribution in [3.63, 3.8) is 0 Å². The average Bonchev–Trinajstić information content (AvgIpc) is 2.68. The largest absolute Gasteiger partial charge is 0.493 e. The number of ether oxygens (including phenoxy) is 4. The summed E-state index contributed by atoms with van der Waals surface area (Å²) in [6, 6.07) is 9.37. The smallest absolute Gasteiger partial charge is 0.241 e. The second kappa shape index (κ2) is 9.66. The lowest BCUT2D eigenvalue weighted by molar-refractivity contribution is 0.287. The van der Waals surface area contributed by atoms with E-state index in [-0.39, 0.29) is 4.90 Å². The second-order valence-corrected chi connectivity index (χ2v) is 7.65. The Morgan fingerprint density at radius 1 is 0.857 bits per heavy atom. The lowest BCUT2D eigenvalue weighted by Crippen LogP contribution is -2.27. The molecule has 0 bridgehead atoms. The molecule has 2 aromatic carbocycles. The summed E-state index contributed by atoms with van der Waals surface area (Å²) in [5, 5.41) is 0. The van der Waals surface area contributed by atoms with Crippen molar-refractivity contribution in [1.29, 1.82) is 0 Å². The lowest BCUT2D eigenvalue weighted by atomic mass is 10.1. The number of sulfonamides is 1. The van der Waals surface area contributed by atoms with E-state index in [2.05, 4.69) is 4.72 Å². The molecule has 0 fully saturated rings. The normalized spacial score (nSPS) is 12.3. The van der Waals surface area contributed by atoms with E-state index >= 15 is 0 Å². The minimum absolute atomic E-state index is 0.0907. The topological polar surface area (TPSA) is 83.1 Å². The van der Waals surface area contributed by atoms with Crippen LogP contribution < -0.4 is 23.7 Å². The highest BCUT2D eigenvalue weighted by molar-refractivity contribution is 7.89. The first kappa shape index (κ1) is 21.8. The summed E-state index contributed by atoms with van der Waals surface area (Å²) in [7, 11) is -0.816. The molecule has 0 amide bonds. The van der Waals surface area contributed by atoms with Crippen LogP contribution in [0.3, 0.4) is 0 Å². The lowest BCUT2D eigenvalue weighted by Gasteiger charge is -2.18. The standard InChI is InChI=1S/C20H27NO6S/c1-6-26-18-10-8-15(12-20(18)27-7-2)14(3)21-28(22,23)16-9-11-17(24-4)19(13-16)25-5/h8-14,21H,6-7H2,1-5H3. The van der Waals surface area contributed by atoms with E-state index < -0.39 is 16.1 Å². The van der Waals surface area contributed by atoms with Crippen molar-refractivity contribution in [2.75, 3.05) is 27.4 Å². The maximum atomic E-state index is 12.8. The first-order valence-corrected chi connectivity index (χ1v) is 10.5. The summed E-state index contributed by atoms with van der Waals surface area (Å²) in [5.41, 5.74) is 0.760. The molecule has 1 atom stereocenters. The SMILES string of the molecule is CCOc1ccc(C(C)NS(=O)(=O)c2ccc(OC)c(OC)c2)cc1OCC. The Morgan fingerprint density at radius 2 is 1.46 bits per heavy atom. The molecule has 8 heteroatoms. The zero-order valence-corrected chi connectivity index (χ0v) is 17.6. The number of hydrogen-bond donors (Lipinski definition) is 1. The molecule has 0 radical (unpaired) electrons. The van der Waals surface area contributed by atoms with Crippen molar-refractivity contribution in [3.8, 4) is 23.0 Å². The summed E-state index contributed by atoms with van der Waals surface area (Å²) in [5.74, 6) is 2.02. The van der Waals surface area contributed by atoms with E-state index in [1.807, 2.05) is 19.9 Å². The fourth-order valence-corrected chi connectivity index (χ4v) is 3.94. The van der Waals surface area contributed by atoms with Gasteiger partial charge in [-0.1, -0.05) is 6.07 Å². The molecule has 0 aromatic heterocycles. The monoisotopic (exact) mass is 409 g/mol. The number of hydrogen-bond acceptors (Lipinski definition) is 6.